The highest BCUT2D eigenvalue weighted by atomic mass is 16.6. The van der Waals surface area contributed by atoms with Crippen molar-refractivity contribution >= 4 is 16.9 Å². The molecule has 0 bridgehead atoms. The number of rotatable bonds is 3. The third-order valence-corrected chi connectivity index (χ3v) is 3.35. The van der Waals surface area contributed by atoms with E-state index in [0.717, 1.165) is 0 Å². The Kier molecular flexibility index (Phi) is 3.30. The van der Waals surface area contributed by atoms with Gasteiger partial charge >= 0.3 is 0 Å². The molecule has 0 saturated carbocycles. The van der Waals surface area contributed by atoms with Gasteiger partial charge in [0, 0.05) is 13.1 Å². The molecule has 8 heteroatoms. The second kappa shape index (κ2) is 4.98. The molecule has 3 rings (SSSR count). The summed E-state index contributed by atoms with van der Waals surface area (Å²) in [6.45, 7) is -0.387. The summed E-state index contributed by atoms with van der Waals surface area (Å²) in [6.07, 6.45) is -2.63. The first-order valence-electron chi connectivity index (χ1n) is 6.21. The van der Waals surface area contributed by atoms with E-state index in [1.807, 2.05) is 0 Å². The summed E-state index contributed by atoms with van der Waals surface area (Å²) in [4.78, 5) is 8.49. The van der Waals surface area contributed by atoms with E-state index in [9.17, 15) is 10.2 Å². The number of hydrogen-bond donors (Lipinski definition) is 4. The largest absolute Gasteiger partial charge is 0.459 e. The standard InChI is InChI=1S/C12H15N3O5/c1-13-11-9-5(2-3-19-9)14-12(15-11)10-8(18)7(17)6(4-16)20-10/h2-3,6-8,10,16-18H,4H2,1H3,(H,13,14,15)/t6-,7-,8-,10?/m1/s1. The minimum atomic E-state index is -1.19. The highest BCUT2D eigenvalue weighted by Gasteiger charge is 2.44. The number of fused-ring (bicyclic) bond motifs is 1. The second-order valence-corrected chi connectivity index (χ2v) is 4.57. The molecule has 2 aromatic heterocycles. The van der Waals surface area contributed by atoms with Gasteiger partial charge in [-0.2, -0.15) is 0 Å². The lowest BCUT2D eigenvalue weighted by Gasteiger charge is -2.14. The van der Waals surface area contributed by atoms with Crippen LogP contribution in [0.4, 0.5) is 5.82 Å². The number of furan rings is 1. The second-order valence-electron chi connectivity index (χ2n) is 4.57. The summed E-state index contributed by atoms with van der Waals surface area (Å²) >= 11 is 0. The van der Waals surface area contributed by atoms with Gasteiger partial charge in [0.25, 0.3) is 0 Å². The molecule has 1 aliphatic heterocycles. The van der Waals surface area contributed by atoms with E-state index in [4.69, 9.17) is 14.3 Å². The molecule has 3 heterocycles. The van der Waals surface area contributed by atoms with Crippen LogP contribution in [0.5, 0.6) is 0 Å². The quantitative estimate of drug-likeness (QED) is 0.589. The predicted molar refractivity (Wildman–Crippen MR) is 68.1 cm³/mol. The van der Waals surface area contributed by atoms with Crippen LogP contribution in [0, 0.1) is 0 Å². The van der Waals surface area contributed by atoms with E-state index < -0.39 is 24.4 Å². The molecule has 1 aliphatic rings. The molecule has 108 valence electrons. The smallest absolute Gasteiger partial charge is 0.194 e. The number of anilines is 1. The molecule has 1 saturated heterocycles. The fourth-order valence-electron chi connectivity index (χ4n) is 2.29. The van der Waals surface area contributed by atoms with Gasteiger partial charge in [-0.05, 0) is 0 Å². The van der Waals surface area contributed by atoms with E-state index in [1.54, 1.807) is 13.1 Å². The Bertz CT molecular complexity index is 616. The van der Waals surface area contributed by atoms with Crippen LogP contribution in [0.2, 0.25) is 0 Å². The number of hydrogen-bond acceptors (Lipinski definition) is 8. The van der Waals surface area contributed by atoms with Crippen LogP contribution >= 0.6 is 0 Å². The van der Waals surface area contributed by atoms with E-state index in [0.29, 0.717) is 16.9 Å². The molecule has 0 radical (unpaired) electrons. The van der Waals surface area contributed by atoms with Crippen molar-refractivity contribution in [2.75, 3.05) is 19.0 Å². The molecular formula is C12H15N3O5. The Labute approximate surface area is 114 Å². The van der Waals surface area contributed by atoms with Gasteiger partial charge < -0.3 is 29.8 Å². The molecule has 8 nitrogen and oxygen atoms in total. The van der Waals surface area contributed by atoms with Crippen LogP contribution in [0.1, 0.15) is 11.9 Å². The zero-order valence-corrected chi connectivity index (χ0v) is 10.7. The number of nitrogens with zero attached hydrogens (tertiary/aromatic N) is 2. The van der Waals surface area contributed by atoms with E-state index in [2.05, 4.69) is 15.3 Å². The Balaban J connectivity index is 2.02. The molecular weight excluding hydrogens is 266 g/mol. The van der Waals surface area contributed by atoms with Crippen molar-refractivity contribution < 1.29 is 24.5 Å². The van der Waals surface area contributed by atoms with Gasteiger partial charge in [-0.3, -0.25) is 0 Å². The number of aliphatic hydroxyl groups excluding tert-OH is 3. The maximum atomic E-state index is 9.99. The van der Waals surface area contributed by atoms with Crippen molar-refractivity contribution in [3.63, 3.8) is 0 Å². The van der Waals surface area contributed by atoms with Gasteiger partial charge in [-0.25, -0.2) is 9.97 Å². The molecule has 0 spiro atoms. The lowest BCUT2D eigenvalue weighted by molar-refractivity contribution is -0.0251. The zero-order valence-electron chi connectivity index (χ0n) is 10.7. The summed E-state index contributed by atoms with van der Waals surface area (Å²) in [6, 6.07) is 1.67. The van der Waals surface area contributed by atoms with Crippen LogP contribution in [0.25, 0.3) is 11.1 Å². The minimum absolute atomic E-state index is 0.228. The Morgan fingerprint density at radius 1 is 1.30 bits per heavy atom. The van der Waals surface area contributed by atoms with Crippen molar-refractivity contribution in [1.82, 2.24) is 9.97 Å². The lowest BCUT2D eigenvalue weighted by atomic mass is 10.1. The average Bonchev–Trinajstić information content (AvgIpc) is 3.04. The lowest BCUT2D eigenvalue weighted by Crippen LogP contribution is -2.32. The fourth-order valence-corrected chi connectivity index (χ4v) is 2.29. The van der Waals surface area contributed by atoms with Gasteiger partial charge in [0.15, 0.2) is 17.2 Å². The highest BCUT2D eigenvalue weighted by molar-refractivity contribution is 5.83. The van der Waals surface area contributed by atoms with Crippen molar-refractivity contribution in [3.8, 4) is 0 Å². The summed E-state index contributed by atoms with van der Waals surface area (Å²) in [7, 11) is 1.69. The summed E-state index contributed by atoms with van der Waals surface area (Å²) in [5.74, 6) is 0.693. The molecule has 0 aromatic carbocycles. The third-order valence-electron chi connectivity index (χ3n) is 3.35. The van der Waals surface area contributed by atoms with Crippen molar-refractivity contribution in [3.05, 3.63) is 18.2 Å². The van der Waals surface area contributed by atoms with Gasteiger partial charge in [-0.1, -0.05) is 0 Å². The van der Waals surface area contributed by atoms with E-state index in [1.165, 1.54) is 6.26 Å². The highest BCUT2D eigenvalue weighted by Crippen LogP contribution is 2.33. The normalized spacial score (nSPS) is 30.0. The zero-order chi connectivity index (χ0) is 14.3. The average molecular weight is 281 g/mol. The van der Waals surface area contributed by atoms with Crippen LogP contribution in [-0.2, 0) is 4.74 Å². The fraction of sp³-hybridized carbons (Fsp3) is 0.500. The first-order chi connectivity index (χ1) is 9.65. The SMILES string of the molecule is CNc1nc(C2O[C@H](CO)[C@@H](O)[C@H]2O)nc2ccoc12. The molecule has 1 unspecified atom stereocenters. The van der Waals surface area contributed by atoms with Gasteiger partial charge in [0.05, 0.1) is 12.9 Å². The topological polar surface area (TPSA) is 121 Å². The van der Waals surface area contributed by atoms with Crippen molar-refractivity contribution in [2.45, 2.75) is 24.4 Å². The number of nitrogens with one attached hydrogen (secondary N) is 1. The minimum Gasteiger partial charge on any atom is -0.459 e. The predicted octanol–water partition coefficient (Wildman–Crippen LogP) is -0.582. The van der Waals surface area contributed by atoms with Crippen molar-refractivity contribution in [1.29, 1.82) is 0 Å². The van der Waals surface area contributed by atoms with Crippen LogP contribution in [-0.4, -0.2) is 57.3 Å². The summed E-state index contributed by atoms with van der Waals surface area (Å²) < 4.78 is 10.7. The maximum absolute atomic E-state index is 9.99. The number of ether oxygens (including phenoxy) is 1. The first kappa shape index (κ1) is 13.3. The van der Waals surface area contributed by atoms with Crippen molar-refractivity contribution in [2.24, 2.45) is 0 Å². The molecule has 20 heavy (non-hydrogen) atoms. The molecule has 4 atom stereocenters. The Hall–Kier alpha value is -1.74. The van der Waals surface area contributed by atoms with Gasteiger partial charge in [-0.15, -0.1) is 0 Å². The van der Waals surface area contributed by atoms with E-state index >= 15 is 0 Å². The van der Waals surface area contributed by atoms with Crippen LogP contribution in [0.3, 0.4) is 0 Å². The maximum Gasteiger partial charge on any atom is 0.194 e. The monoisotopic (exact) mass is 281 g/mol. The third kappa shape index (κ3) is 1.93. The van der Waals surface area contributed by atoms with E-state index in [-0.39, 0.29) is 12.4 Å². The molecule has 2 aromatic rings. The van der Waals surface area contributed by atoms with Crippen LogP contribution in [0.15, 0.2) is 16.7 Å². The van der Waals surface area contributed by atoms with Crippen LogP contribution < -0.4 is 5.32 Å². The van der Waals surface area contributed by atoms with Gasteiger partial charge in [0.2, 0.25) is 0 Å². The summed E-state index contributed by atoms with van der Waals surface area (Å²) in [5.41, 5.74) is 1.07. The number of aliphatic hydroxyl groups is 3. The number of aromatic nitrogens is 2. The van der Waals surface area contributed by atoms with Gasteiger partial charge in [0.1, 0.15) is 29.9 Å². The first-order valence-corrected chi connectivity index (χ1v) is 6.21. The summed E-state index contributed by atoms with van der Waals surface area (Å²) in [5, 5.41) is 31.7. The molecule has 0 aliphatic carbocycles. The molecule has 0 amide bonds. The Morgan fingerprint density at radius 2 is 2.10 bits per heavy atom. The molecule has 1 fully saturated rings. The molecule has 4 N–H and O–H groups in total. The Morgan fingerprint density at radius 3 is 2.75 bits per heavy atom.